The van der Waals surface area contributed by atoms with E-state index in [0.717, 1.165) is 17.1 Å². The third-order valence-corrected chi connectivity index (χ3v) is 28.8. The molecule has 0 saturated carbocycles. The van der Waals surface area contributed by atoms with Gasteiger partial charge in [-0.15, -0.1) is 0 Å². The molecule has 0 radical (unpaired) electrons. The van der Waals surface area contributed by atoms with Crippen molar-refractivity contribution < 1.29 is 0 Å². The van der Waals surface area contributed by atoms with Gasteiger partial charge in [0.15, 0.2) is 0 Å². The van der Waals surface area contributed by atoms with Crippen molar-refractivity contribution >= 4 is 109 Å². The lowest BCUT2D eigenvalue weighted by molar-refractivity contribution is 0.630. The summed E-state index contributed by atoms with van der Waals surface area (Å²) in [7, 11) is 0. The van der Waals surface area contributed by atoms with Crippen LogP contribution < -0.4 is 0 Å². The first kappa shape index (κ1) is 67.0. The Hall–Kier alpha value is -14.3. The van der Waals surface area contributed by atoms with E-state index in [4.69, 9.17) is 0 Å². The van der Waals surface area contributed by atoms with E-state index in [1.165, 1.54) is 232 Å². The molecular formula is C114H81N5. The van der Waals surface area contributed by atoms with E-state index in [1.807, 2.05) is 0 Å². The highest BCUT2D eigenvalue weighted by molar-refractivity contribution is 6.19. The van der Waals surface area contributed by atoms with Crippen LogP contribution in [0.1, 0.15) is 99.9 Å². The molecule has 2 aliphatic heterocycles. The van der Waals surface area contributed by atoms with Gasteiger partial charge >= 0.3 is 0 Å². The zero-order valence-electron chi connectivity index (χ0n) is 67.6. The fourth-order valence-corrected chi connectivity index (χ4v) is 23.1. The smallest absolute Gasteiger partial charge is 0.0588 e. The molecule has 0 amide bonds. The number of nitrogens with zero attached hydrogens (tertiary/aromatic N) is 5. The Morgan fingerprint density at radius 1 is 0.168 bits per heavy atom. The highest BCUT2D eigenvalue weighted by Gasteiger charge is 2.42. The predicted octanol–water partition coefficient (Wildman–Crippen LogP) is 29.7. The zero-order valence-corrected chi connectivity index (χ0v) is 67.6. The highest BCUT2D eigenvalue weighted by Crippen LogP contribution is 2.57. The highest BCUT2D eigenvalue weighted by atomic mass is 15.0. The van der Waals surface area contributed by atoms with Gasteiger partial charge in [-0.1, -0.05) is 268 Å². The zero-order chi connectivity index (χ0) is 79.2. The van der Waals surface area contributed by atoms with Crippen molar-refractivity contribution in [3.05, 3.63) is 390 Å². The molecule has 0 N–H and O–H groups in total. The van der Waals surface area contributed by atoms with Gasteiger partial charge in [-0.25, -0.2) is 0 Å². The van der Waals surface area contributed by atoms with Crippen LogP contribution >= 0.6 is 0 Å². The number of aromatic nitrogens is 5. The summed E-state index contributed by atoms with van der Waals surface area (Å²) in [4.78, 5) is 0. The maximum absolute atomic E-state index is 2.59. The number of benzene rings is 17. The van der Waals surface area contributed by atoms with Gasteiger partial charge < -0.3 is 22.8 Å². The largest absolute Gasteiger partial charge is 0.309 e. The molecule has 7 heterocycles. The van der Waals surface area contributed by atoms with Gasteiger partial charge in [0, 0.05) is 92.6 Å². The van der Waals surface area contributed by atoms with Crippen molar-refractivity contribution in [1.29, 1.82) is 0 Å². The Kier molecular flexibility index (Phi) is 13.1. The summed E-state index contributed by atoms with van der Waals surface area (Å²) < 4.78 is 12.7. The first-order chi connectivity index (χ1) is 58.0. The van der Waals surface area contributed by atoms with Gasteiger partial charge in [0.05, 0.1) is 66.5 Å². The number of fused-ring (bicyclic) bond motifs is 25. The average Bonchev–Trinajstić information content (AvgIpc) is 1.64. The second-order valence-electron chi connectivity index (χ2n) is 36.3. The minimum atomic E-state index is -0.348. The van der Waals surface area contributed by atoms with Crippen molar-refractivity contribution in [2.75, 3.05) is 0 Å². The topological polar surface area (TPSA) is 24.6 Å². The second kappa shape index (κ2) is 23.3. The molecule has 0 spiro atoms. The Balaban J connectivity index is 0.614. The average molecular weight is 1520 g/mol. The van der Waals surface area contributed by atoms with E-state index in [-0.39, 0.29) is 21.7 Å². The molecule has 0 unspecified atom stereocenters. The lowest BCUT2D eigenvalue weighted by Crippen LogP contribution is -2.27. The molecule has 562 valence electrons. The Morgan fingerprint density at radius 2 is 0.546 bits per heavy atom. The lowest BCUT2D eigenvalue weighted by atomic mass is 9.72. The SMILES string of the molecule is CC1(C)c2ccccc2-c2cc3c4cc(-c5ccc6c(c5)c5cccc7c5n6-c5ccccc5C7(C)C)ccc4n(-c4ccc(-c5ccc6c7cc(-c8ccc9c(c8)c8cc%10c(cc8n9-c8ccc9c(c8)c8ccccc8n9-c8cccc(-c9ccccc9)c8)C(C)(C)c8ccccc8-%10)ccc7n7c6c5C(C)(C)c5ccccc5-7)cc4)c3cc21. The summed E-state index contributed by atoms with van der Waals surface area (Å²) in [6.07, 6.45) is 0. The minimum Gasteiger partial charge on any atom is -0.309 e. The van der Waals surface area contributed by atoms with Crippen LogP contribution in [0, 0.1) is 0 Å². The number of para-hydroxylation sites is 4. The molecule has 119 heavy (non-hydrogen) atoms. The molecule has 0 bridgehead atoms. The molecule has 26 rings (SSSR count). The molecule has 0 saturated heterocycles. The van der Waals surface area contributed by atoms with E-state index in [1.54, 1.807) is 0 Å². The molecule has 22 aromatic rings. The van der Waals surface area contributed by atoms with E-state index >= 15 is 0 Å². The summed E-state index contributed by atoms with van der Waals surface area (Å²) in [5, 5.41) is 12.5. The van der Waals surface area contributed by atoms with Crippen LogP contribution in [0.25, 0.3) is 204 Å². The fraction of sp³-hybridized carbons (Fsp3) is 0.105. The van der Waals surface area contributed by atoms with Gasteiger partial charge in [0.1, 0.15) is 0 Å². The van der Waals surface area contributed by atoms with Crippen LogP contribution in [-0.4, -0.2) is 22.8 Å². The van der Waals surface area contributed by atoms with Crippen LogP contribution in [0.3, 0.4) is 0 Å². The van der Waals surface area contributed by atoms with Crippen LogP contribution in [0.2, 0.25) is 0 Å². The summed E-state index contributed by atoms with van der Waals surface area (Å²) in [6, 6.07) is 132. The molecule has 5 nitrogen and oxygen atoms in total. The van der Waals surface area contributed by atoms with Crippen molar-refractivity contribution in [3.8, 4) is 95.2 Å². The summed E-state index contributed by atoms with van der Waals surface area (Å²) >= 11 is 0. The fourth-order valence-electron chi connectivity index (χ4n) is 23.1. The van der Waals surface area contributed by atoms with Gasteiger partial charge in [-0.2, -0.15) is 0 Å². The van der Waals surface area contributed by atoms with E-state index in [2.05, 4.69) is 424 Å². The van der Waals surface area contributed by atoms with Gasteiger partial charge in [-0.05, 0) is 245 Å². The van der Waals surface area contributed by atoms with E-state index in [9.17, 15) is 0 Å². The first-order valence-corrected chi connectivity index (χ1v) is 42.2. The number of rotatable bonds is 7. The van der Waals surface area contributed by atoms with Crippen LogP contribution in [0.15, 0.2) is 346 Å². The number of hydrogen-bond donors (Lipinski definition) is 0. The van der Waals surface area contributed by atoms with Crippen LogP contribution in [0.4, 0.5) is 0 Å². The van der Waals surface area contributed by atoms with Crippen molar-refractivity contribution in [2.45, 2.75) is 77.0 Å². The normalized spacial score (nSPS) is 14.8. The molecule has 0 fully saturated rings. The molecule has 5 heteroatoms. The third kappa shape index (κ3) is 8.83. The van der Waals surface area contributed by atoms with Gasteiger partial charge in [-0.3, -0.25) is 0 Å². The Morgan fingerprint density at radius 3 is 1.14 bits per heavy atom. The molecule has 4 aliphatic rings. The molecule has 17 aromatic carbocycles. The molecule has 0 atom stereocenters. The minimum absolute atomic E-state index is 0.131. The summed E-state index contributed by atoms with van der Waals surface area (Å²) in [5.74, 6) is 0. The first-order valence-electron chi connectivity index (χ1n) is 42.2. The predicted molar refractivity (Wildman–Crippen MR) is 499 cm³/mol. The summed E-state index contributed by atoms with van der Waals surface area (Å²) in [5.41, 5.74) is 43.1. The third-order valence-electron chi connectivity index (χ3n) is 28.8. The quantitative estimate of drug-likeness (QED) is 0.152. The van der Waals surface area contributed by atoms with Gasteiger partial charge in [0.2, 0.25) is 0 Å². The van der Waals surface area contributed by atoms with Crippen molar-refractivity contribution in [1.82, 2.24) is 22.8 Å². The van der Waals surface area contributed by atoms with Crippen molar-refractivity contribution in [3.63, 3.8) is 0 Å². The molecule has 2 aliphatic carbocycles. The second-order valence-corrected chi connectivity index (χ2v) is 36.3. The standard InChI is InChI=1S/C114H81N5/c1-111(2)91-32-15-12-28-77(91)82-62-89-86-59-71(69-44-53-102-84(57-69)80-31-23-36-95-109(80)118(102)104-38-20-17-34-93(104)113(95,5)6)42-51-99(86)115(106(89)64-96(82)111)73-46-40-67(41-47-73)76-49-50-81-85-58-70(45-54-103(85)119-105-39-21-18-35-94(105)114(7,8)108(76)110(81)119)72-43-52-100-87(60-72)90-63-83-78-29-13-16-33-92(78)112(3,4)97(83)65-107(90)117(100)75-48-55-101-88(61-75)79-30-14-19-37-98(79)116(101)74-27-22-26-68(56-74)66-24-10-9-11-25-66/h9-65H,1-8H3. The van der Waals surface area contributed by atoms with Crippen LogP contribution in [-0.2, 0) is 21.7 Å². The maximum Gasteiger partial charge on any atom is 0.0588 e. The van der Waals surface area contributed by atoms with E-state index in [0.29, 0.717) is 0 Å². The Labute approximate surface area is 689 Å². The maximum atomic E-state index is 2.59. The van der Waals surface area contributed by atoms with E-state index < -0.39 is 0 Å². The van der Waals surface area contributed by atoms with Crippen LogP contribution in [0.5, 0.6) is 0 Å². The molecule has 5 aromatic heterocycles. The monoisotopic (exact) mass is 1520 g/mol. The molecular weight excluding hydrogens is 1440 g/mol. The Bertz CT molecular complexity index is 8330. The van der Waals surface area contributed by atoms with Crippen molar-refractivity contribution in [2.24, 2.45) is 0 Å². The van der Waals surface area contributed by atoms with Gasteiger partial charge in [0.25, 0.3) is 0 Å². The lowest BCUT2D eigenvalue weighted by Gasteiger charge is -2.36. The number of hydrogen-bond acceptors (Lipinski definition) is 0. The summed E-state index contributed by atoms with van der Waals surface area (Å²) in [6.45, 7) is 19.3.